The number of carboxylic acids is 2. The van der Waals surface area contributed by atoms with Crippen LogP contribution in [0.25, 0.3) is 0 Å². The summed E-state index contributed by atoms with van der Waals surface area (Å²) in [5.41, 5.74) is 0. The van der Waals surface area contributed by atoms with Crippen molar-refractivity contribution >= 4 is 41.5 Å². The Hall–Kier alpha value is -0.0600. The summed E-state index contributed by atoms with van der Waals surface area (Å²) in [5.74, 6) is -4.09. The van der Waals surface area contributed by atoms with E-state index in [1.807, 2.05) is 0 Å². The molecule has 0 bridgehead atoms. The average molecular weight is 184 g/mol. The zero-order chi connectivity index (χ0) is 9.02. The molecule has 0 aliphatic rings. The molecular weight excluding hydrogens is 171 g/mol. The van der Waals surface area contributed by atoms with Crippen LogP contribution in [-0.4, -0.2) is 51.7 Å². The molecule has 0 heterocycles. The molecule has 0 saturated carbocycles. The van der Waals surface area contributed by atoms with E-state index in [0.29, 0.717) is 6.42 Å². The van der Waals surface area contributed by atoms with Gasteiger partial charge >= 0.3 is 41.5 Å². The summed E-state index contributed by atoms with van der Waals surface area (Å²) in [6, 6.07) is 0. The number of hydrogen-bond acceptors (Lipinski definition) is 2. The average Bonchev–Trinajstić information content (AvgIpc) is 1.85. The molecule has 5 heteroatoms. The van der Waals surface area contributed by atoms with Crippen molar-refractivity contribution < 1.29 is 19.8 Å². The molecule has 2 N–H and O–H groups in total. The first-order chi connectivity index (χ1) is 5.00. The molecule has 66 valence electrons. The summed E-state index contributed by atoms with van der Waals surface area (Å²) in [4.78, 5) is 20.7. The van der Waals surface area contributed by atoms with Gasteiger partial charge in [-0.05, 0) is 5.92 Å². The first-order valence-electron chi connectivity index (χ1n) is 3.46. The van der Waals surface area contributed by atoms with Crippen LogP contribution < -0.4 is 0 Å². The molecule has 0 spiro atoms. The molecule has 1 unspecified atom stereocenters. The summed E-state index contributed by atoms with van der Waals surface area (Å²) >= 11 is 0. The summed E-state index contributed by atoms with van der Waals surface area (Å²) in [7, 11) is 0. The van der Waals surface area contributed by atoms with E-state index in [0.717, 1.165) is 0 Å². The van der Waals surface area contributed by atoms with Crippen LogP contribution in [0.1, 0.15) is 20.3 Å². The quantitative estimate of drug-likeness (QED) is 0.482. The van der Waals surface area contributed by atoms with Gasteiger partial charge in [0, 0.05) is 0 Å². The third-order valence-electron chi connectivity index (χ3n) is 1.75. The standard InChI is InChI=1S/C7H12O4.Na.H/c1-3-4(2)5(6(8)9)7(10)11;;/h4-5H,3H2,1-2H3,(H,8,9)(H,10,11);;. The summed E-state index contributed by atoms with van der Waals surface area (Å²) in [5, 5.41) is 16.9. The minimum atomic E-state index is -1.26. The van der Waals surface area contributed by atoms with Crippen LogP contribution in [0.4, 0.5) is 0 Å². The third kappa shape index (κ3) is 4.09. The fraction of sp³-hybridized carbons (Fsp3) is 0.714. The molecule has 4 nitrogen and oxygen atoms in total. The van der Waals surface area contributed by atoms with E-state index in [2.05, 4.69) is 0 Å². The Morgan fingerprint density at radius 3 is 1.67 bits per heavy atom. The SMILES string of the molecule is CCC(C)C(C(=O)O)C(=O)O.[NaH]. The topological polar surface area (TPSA) is 74.6 Å². The third-order valence-corrected chi connectivity index (χ3v) is 1.75. The van der Waals surface area contributed by atoms with E-state index < -0.39 is 17.9 Å². The number of hydrogen-bond donors (Lipinski definition) is 2. The van der Waals surface area contributed by atoms with Crippen LogP contribution in [0.15, 0.2) is 0 Å². The molecule has 0 fully saturated rings. The molecule has 0 radical (unpaired) electrons. The number of carbonyl (C=O) groups is 2. The van der Waals surface area contributed by atoms with Crippen LogP contribution in [0.3, 0.4) is 0 Å². The van der Waals surface area contributed by atoms with Crippen LogP contribution >= 0.6 is 0 Å². The Balaban J connectivity index is 0. The van der Waals surface area contributed by atoms with E-state index in [9.17, 15) is 9.59 Å². The zero-order valence-corrected chi connectivity index (χ0v) is 6.57. The summed E-state index contributed by atoms with van der Waals surface area (Å²) in [6.07, 6.45) is 0.559. The van der Waals surface area contributed by atoms with Gasteiger partial charge in [0.05, 0.1) is 0 Å². The molecule has 0 rings (SSSR count). The number of carboxylic acid groups (broad SMARTS) is 2. The van der Waals surface area contributed by atoms with Gasteiger partial charge in [0.25, 0.3) is 0 Å². The maximum absolute atomic E-state index is 10.4. The zero-order valence-electron chi connectivity index (χ0n) is 6.57. The second kappa shape index (κ2) is 6.46. The molecule has 0 aromatic heterocycles. The van der Waals surface area contributed by atoms with Crippen molar-refractivity contribution in [2.75, 3.05) is 0 Å². The van der Waals surface area contributed by atoms with Gasteiger partial charge in [0.15, 0.2) is 5.92 Å². The molecule has 0 aromatic rings. The Morgan fingerprint density at radius 2 is 1.58 bits per heavy atom. The van der Waals surface area contributed by atoms with Gasteiger partial charge in [-0.2, -0.15) is 0 Å². The number of aliphatic carboxylic acids is 2. The molecule has 0 amide bonds. The van der Waals surface area contributed by atoms with E-state index in [1.165, 1.54) is 0 Å². The van der Waals surface area contributed by atoms with Gasteiger partial charge in [-0.1, -0.05) is 20.3 Å². The Bertz CT molecular complexity index is 155. The predicted octanol–water partition coefficient (Wildman–Crippen LogP) is 0.169. The van der Waals surface area contributed by atoms with Gasteiger partial charge in [-0.25, -0.2) is 0 Å². The molecule has 0 aliphatic heterocycles. The van der Waals surface area contributed by atoms with E-state index in [1.54, 1.807) is 13.8 Å². The second-order valence-corrected chi connectivity index (χ2v) is 2.54. The monoisotopic (exact) mass is 184 g/mol. The maximum atomic E-state index is 10.4. The normalized spacial score (nSPS) is 11.9. The van der Waals surface area contributed by atoms with Gasteiger partial charge in [-0.3, -0.25) is 9.59 Å². The van der Waals surface area contributed by atoms with E-state index >= 15 is 0 Å². The first kappa shape index (κ1) is 14.5. The van der Waals surface area contributed by atoms with Gasteiger partial charge in [0.2, 0.25) is 0 Å². The minimum absolute atomic E-state index is 0. The second-order valence-electron chi connectivity index (χ2n) is 2.54. The van der Waals surface area contributed by atoms with Gasteiger partial charge < -0.3 is 10.2 Å². The fourth-order valence-corrected chi connectivity index (χ4v) is 0.828. The van der Waals surface area contributed by atoms with Crippen molar-refractivity contribution in [3.05, 3.63) is 0 Å². The number of rotatable bonds is 4. The molecular formula is C7H13NaO4. The van der Waals surface area contributed by atoms with Crippen molar-refractivity contribution in [2.45, 2.75) is 20.3 Å². The van der Waals surface area contributed by atoms with Crippen LogP contribution in [0.5, 0.6) is 0 Å². The molecule has 1 atom stereocenters. The van der Waals surface area contributed by atoms with Crippen molar-refractivity contribution in [3.63, 3.8) is 0 Å². The van der Waals surface area contributed by atoms with Crippen molar-refractivity contribution in [1.82, 2.24) is 0 Å². The Kier molecular flexibility index (Phi) is 7.78. The molecule has 0 saturated heterocycles. The van der Waals surface area contributed by atoms with E-state index in [-0.39, 0.29) is 35.5 Å². The fourth-order valence-electron chi connectivity index (χ4n) is 0.828. The van der Waals surface area contributed by atoms with Crippen molar-refractivity contribution in [2.24, 2.45) is 11.8 Å². The van der Waals surface area contributed by atoms with Gasteiger partial charge in [-0.15, -0.1) is 0 Å². The molecule has 0 aliphatic carbocycles. The Morgan fingerprint density at radius 1 is 1.25 bits per heavy atom. The van der Waals surface area contributed by atoms with Crippen LogP contribution in [-0.2, 0) is 9.59 Å². The Labute approximate surface area is 93.3 Å². The molecule has 12 heavy (non-hydrogen) atoms. The molecule has 0 aromatic carbocycles. The first-order valence-corrected chi connectivity index (χ1v) is 3.46. The van der Waals surface area contributed by atoms with Crippen LogP contribution in [0.2, 0.25) is 0 Å². The van der Waals surface area contributed by atoms with Crippen molar-refractivity contribution in [1.29, 1.82) is 0 Å². The van der Waals surface area contributed by atoms with Crippen LogP contribution in [0, 0.1) is 11.8 Å². The van der Waals surface area contributed by atoms with Gasteiger partial charge in [0.1, 0.15) is 0 Å². The van der Waals surface area contributed by atoms with Crippen molar-refractivity contribution in [3.8, 4) is 0 Å². The van der Waals surface area contributed by atoms with E-state index in [4.69, 9.17) is 10.2 Å². The predicted molar refractivity (Wildman–Crippen MR) is 45.4 cm³/mol. The summed E-state index contributed by atoms with van der Waals surface area (Å²) in [6.45, 7) is 3.39. The summed E-state index contributed by atoms with van der Waals surface area (Å²) < 4.78 is 0.